The normalized spacial score (nSPS) is 25.0. The predicted molar refractivity (Wildman–Crippen MR) is 119 cm³/mol. The summed E-state index contributed by atoms with van der Waals surface area (Å²) in [5, 5.41) is 11.8. The summed E-state index contributed by atoms with van der Waals surface area (Å²) in [6, 6.07) is 1.88. The fourth-order valence-electron chi connectivity index (χ4n) is 4.05. The SMILES string of the molecule is CNc1cc(N2CCN(C)CC2)c(NC(=O)C(C(N)N=O)C2NCC(F)CN2C)cn1. The van der Waals surface area contributed by atoms with Gasteiger partial charge in [0.1, 0.15) is 17.9 Å². The van der Waals surface area contributed by atoms with E-state index in [0.717, 1.165) is 31.9 Å². The molecule has 2 fully saturated rings. The van der Waals surface area contributed by atoms with Crippen LogP contribution in [-0.4, -0.2) is 99.6 Å². The molecule has 4 atom stereocenters. The number of halogens is 1. The molecule has 0 bridgehead atoms. The van der Waals surface area contributed by atoms with Gasteiger partial charge in [-0.1, -0.05) is 5.18 Å². The molecule has 12 heteroatoms. The minimum Gasteiger partial charge on any atom is -0.373 e. The Balaban J connectivity index is 1.85. The number of carbonyl (C=O) groups is 1. The van der Waals surface area contributed by atoms with Crippen molar-refractivity contribution >= 4 is 23.1 Å². The first kappa shape index (κ1) is 23.3. The highest BCUT2D eigenvalue weighted by molar-refractivity contribution is 5.96. The van der Waals surface area contributed by atoms with E-state index in [1.54, 1.807) is 25.2 Å². The van der Waals surface area contributed by atoms with E-state index in [2.05, 4.69) is 43.0 Å². The van der Waals surface area contributed by atoms with Crippen LogP contribution in [0.5, 0.6) is 0 Å². The summed E-state index contributed by atoms with van der Waals surface area (Å²) in [6.45, 7) is 3.61. The van der Waals surface area contributed by atoms with Crippen molar-refractivity contribution in [1.29, 1.82) is 0 Å². The van der Waals surface area contributed by atoms with Gasteiger partial charge >= 0.3 is 0 Å². The summed E-state index contributed by atoms with van der Waals surface area (Å²) in [6.07, 6.45) is -1.37. The molecule has 0 aliphatic carbocycles. The number of aromatic nitrogens is 1. The van der Waals surface area contributed by atoms with E-state index in [-0.39, 0.29) is 13.1 Å². The molecule has 0 aromatic carbocycles. The molecule has 3 heterocycles. The lowest BCUT2D eigenvalue weighted by molar-refractivity contribution is -0.124. The number of nitroso groups, excluding NO2 is 1. The van der Waals surface area contributed by atoms with Crippen LogP contribution in [0.15, 0.2) is 17.4 Å². The van der Waals surface area contributed by atoms with Gasteiger partial charge in [0.2, 0.25) is 5.91 Å². The summed E-state index contributed by atoms with van der Waals surface area (Å²) in [4.78, 5) is 34.9. The van der Waals surface area contributed by atoms with E-state index in [1.807, 2.05) is 6.07 Å². The average molecular weight is 438 g/mol. The summed E-state index contributed by atoms with van der Waals surface area (Å²) in [5.74, 6) is -0.792. The zero-order valence-corrected chi connectivity index (χ0v) is 18.2. The maximum absolute atomic E-state index is 13.7. The Morgan fingerprint density at radius 1 is 1.35 bits per heavy atom. The fourth-order valence-corrected chi connectivity index (χ4v) is 4.05. The molecule has 2 saturated heterocycles. The Kier molecular flexibility index (Phi) is 7.70. The van der Waals surface area contributed by atoms with Gasteiger partial charge in [0.25, 0.3) is 0 Å². The second-order valence-corrected chi connectivity index (χ2v) is 8.13. The number of nitrogens with zero attached hydrogens (tertiary/aromatic N) is 5. The Morgan fingerprint density at radius 3 is 2.68 bits per heavy atom. The second kappa shape index (κ2) is 10.3. The number of amides is 1. The molecule has 0 spiro atoms. The predicted octanol–water partition coefficient (Wildman–Crippen LogP) is -0.320. The highest BCUT2D eigenvalue weighted by atomic mass is 19.1. The van der Waals surface area contributed by atoms with Crippen molar-refractivity contribution in [2.75, 3.05) is 75.9 Å². The number of carbonyl (C=O) groups excluding carboxylic acids is 1. The van der Waals surface area contributed by atoms with Gasteiger partial charge in [0.05, 0.1) is 23.7 Å². The van der Waals surface area contributed by atoms with E-state index >= 15 is 0 Å². The van der Waals surface area contributed by atoms with Crippen LogP contribution >= 0.6 is 0 Å². The van der Waals surface area contributed by atoms with E-state index < -0.39 is 30.3 Å². The number of alkyl halides is 1. The Morgan fingerprint density at radius 2 is 2.06 bits per heavy atom. The van der Waals surface area contributed by atoms with Crippen LogP contribution < -0.4 is 26.6 Å². The lowest BCUT2D eigenvalue weighted by atomic mass is 9.98. The zero-order valence-electron chi connectivity index (χ0n) is 18.2. The van der Waals surface area contributed by atoms with Crippen molar-refractivity contribution in [2.45, 2.75) is 18.5 Å². The first-order chi connectivity index (χ1) is 14.8. The lowest BCUT2D eigenvalue weighted by Crippen LogP contribution is -2.62. The van der Waals surface area contributed by atoms with Gasteiger partial charge in [-0.2, -0.15) is 0 Å². The third kappa shape index (κ3) is 5.45. The Bertz CT molecular complexity index is 775. The first-order valence-electron chi connectivity index (χ1n) is 10.4. The summed E-state index contributed by atoms with van der Waals surface area (Å²) < 4.78 is 13.7. The van der Waals surface area contributed by atoms with Crippen LogP contribution in [0.2, 0.25) is 0 Å². The molecular formula is C19H32FN9O2. The standard InChI is InChI=1S/C19H32FN9O2/c1-22-15-8-14(29-6-4-27(2)5-7-29)13(10-23-15)25-19(30)16(17(21)26-31)18-24-9-12(20)11-28(18)3/h8,10,12,16-18,24H,4-7,9,11,21H2,1-3H3,(H,22,23)(H,25,30). The van der Waals surface area contributed by atoms with E-state index in [1.165, 1.54) is 0 Å². The number of hydrogen-bond acceptors (Lipinski definition) is 10. The van der Waals surface area contributed by atoms with Crippen LogP contribution in [0.3, 0.4) is 0 Å². The molecule has 5 N–H and O–H groups in total. The number of rotatable bonds is 7. The maximum atomic E-state index is 13.7. The average Bonchev–Trinajstić information content (AvgIpc) is 2.76. The monoisotopic (exact) mass is 437 g/mol. The minimum absolute atomic E-state index is 0.0787. The molecule has 1 amide bonds. The van der Waals surface area contributed by atoms with Crippen LogP contribution in [0.1, 0.15) is 0 Å². The van der Waals surface area contributed by atoms with Gasteiger partial charge in [0, 0.05) is 52.4 Å². The maximum Gasteiger partial charge on any atom is 0.234 e. The smallest absolute Gasteiger partial charge is 0.234 e. The van der Waals surface area contributed by atoms with Crippen molar-refractivity contribution in [3.63, 3.8) is 0 Å². The lowest BCUT2D eigenvalue weighted by Gasteiger charge is -2.40. The largest absolute Gasteiger partial charge is 0.373 e. The summed E-state index contributed by atoms with van der Waals surface area (Å²) in [7, 11) is 5.53. The van der Waals surface area contributed by atoms with Crippen molar-refractivity contribution in [3.8, 4) is 0 Å². The third-order valence-electron chi connectivity index (χ3n) is 5.88. The molecule has 31 heavy (non-hydrogen) atoms. The molecule has 3 rings (SSSR count). The molecule has 172 valence electrons. The van der Waals surface area contributed by atoms with Crippen LogP contribution in [0.25, 0.3) is 0 Å². The van der Waals surface area contributed by atoms with Gasteiger partial charge in [-0.15, -0.1) is 4.91 Å². The highest BCUT2D eigenvalue weighted by Gasteiger charge is 2.40. The van der Waals surface area contributed by atoms with Crippen molar-refractivity contribution in [2.24, 2.45) is 16.8 Å². The molecule has 2 aliphatic heterocycles. The quantitative estimate of drug-likeness (QED) is 0.424. The molecule has 1 aromatic heterocycles. The molecule has 4 unspecified atom stereocenters. The van der Waals surface area contributed by atoms with Crippen LogP contribution in [-0.2, 0) is 4.79 Å². The topological polar surface area (TPSA) is 131 Å². The summed E-state index contributed by atoms with van der Waals surface area (Å²) in [5.41, 5.74) is 7.26. The zero-order chi connectivity index (χ0) is 22.5. The van der Waals surface area contributed by atoms with Gasteiger partial charge in [-0.3, -0.25) is 15.0 Å². The molecule has 0 saturated carbocycles. The summed E-state index contributed by atoms with van der Waals surface area (Å²) >= 11 is 0. The van der Waals surface area contributed by atoms with Gasteiger partial charge < -0.3 is 26.2 Å². The van der Waals surface area contributed by atoms with E-state index in [9.17, 15) is 14.1 Å². The molecule has 2 aliphatic rings. The van der Waals surface area contributed by atoms with Crippen molar-refractivity contribution in [1.82, 2.24) is 20.1 Å². The van der Waals surface area contributed by atoms with Crippen LogP contribution in [0.4, 0.5) is 21.6 Å². The van der Waals surface area contributed by atoms with Gasteiger partial charge in [0.15, 0.2) is 6.17 Å². The number of piperazine rings is 1. The number of pyridine rings is 1. The second-order valence-electron chi connectivity index (χ2n) is 8.13. The fraction of sp³-hybridized carbons (Fsp3) is 0.684. The molecule has 0 radical (unpaired) electrons. The van der Waals surface area contributed by atoms with Gasteiger partial charge in [-0.25, -0.2) is 9.37 Å². The highest BCUT2D eigenvalue weighted by Crippen LogP contribution is 2.30. The number of nitrogens with two attached hydrogens (primary N) is 1. The Labute approximate surface area is 181 Å². The third-order valence-corrected chi connectivity index (χ3v) is 5.88. The number of hydrogen-bond donors (Lipinski definition) is 4. The number of anilines is 3. The van der Waals surface area contributed by atoms with E-state index in [4.69, 9.17) is 5.73 Å². The van der Waals surface area contributed by atoms with Crippen molar-refractivity contribution in [3.05, 3.63) is 17.2 Å². The number of likely N-dealkylation sites (N-methyl/N-ethyl adjacent to an activating group) is 1. The molecule has 11 nitrogen and oxygen atoms in total. The van der Waals surface area contributed by atoms with Gasteiger partial charge in [-0.05, 0) is 14.1 Å². The number of nitrogens with one attached hydrogen (secondary N) is 3. The minimum atomic E-state index is -1.28. The van der Waals surface area contributed by atoms with Crippen LogP contribution in [0, 0.1) is 10.8 Å². The van der Waals surface area contributed by atoms with E-state index in [0.29, 0.717) is 11.5 Å². The molecule has 1 aromatic rings. The molecular weight excluding hydrogens is 405 g/mol. The van der Waals surface area contributed by atoms with Crippen molar-refractivity contribution < 1.29 is 9.18 Å². The Hall–Kier alpha value is -2.41. The first-order valence-corrected chi connectivity index (χ1v) is 10.4.